The molecule has 7 heteroatoms. The van der Waals surface area contributed by atoms with Crippen LogP contribution in [0.1, 0.15) is 33.4 Å². The van der Waals surface area contributed by atoms with Gasteiger partial charge >= 0.3 is 6.18 Å². The molecule has 0 atom stereocenters. The Balaban J connectivity index is 1.33. The van der Waals surface area contributed by atoms with Gasteiger partial charge in [0.15, 0.2) is 0 Å². The van der Waals surface area contributed by atoms with Crippen LogP contribution in [0, 0.1) is 43.4 Å². The zero-order valence-corrected chi connectivity index (χ0v) is 33.4. The first-order chi connectivity index (χ1) is 29.5. The molecule has 0 aliphatic heterocycles. The average Bonchev–Trinajstić information content (AvgIpc) is 3.77. The van der Waals surface area contributed by atoms with Crippen molar-refractivity contribution in [1.82, 2.24) is 9.13 Å². The van der Waals surface area contributed by atoms with Gasteiger partial charge in [0.1, 0.15) is 0 Å². The monoisotopic (exact) mass is 796 g/mol. The summed E-state index contributed by atoms with van der Waals surface area (Å²) < 4.78 is 45.7. The maximum Gasteiger partial charge on any atom is 0.416 e. The van der Waals surface area contributed by atoms with Crippen LogP contribution < -0.4 is 0 Å². The van der Waals surface area contributed by atoms with E-state index in [1.807, 2.05) is 66.7 Å². The van der Waals surface area contributed by atoms with Crippen molar-refractivity contribution >= 4 is 43.6 Å². The van der Waals surface area contributed by atoms with E-state index in [4.69, 9.17) is 0 Å². The van der Waals surface area contributed by atoms with Crippen LogP contribution in [0.5, 0.6) is 0 Å². The Labute approximate surface area is 350 Å². The molecule has 0 aliphatic carbocycles. The van der Waals surface area contributed by atoms with Crippen molar-refractivity contribution in [2.45, 2.75) is 26.9 Å². The van der Waals surface area contributed by atoms with E-state index in [9.17, 15) is 23.7 Å². The normalized spacial score (nSPS) is 11.7. The second kappa shape index (κ2) is 14.2. The summed E-state index contributed by atoms with van der Waals surface area (Å²) in [6, 6.07) is 55.4. The molecular formula is C54H35F3N4. The highest BCUT2D eigenvalue weighted by atomic mass is 19.4. The van der Waals surface area contributed by atoms with Gasteiger partial charge in [-0.3, -0.25) is 0 Å². The molecule has 10 aromatic rings. The molecule has 0 saturated heterocycles. The summed E-state index contributed by atoms with van der Waals surface area (Å²) in [6.45, 7) is 5.93. The van der Waals surface area contributed by atoms with Crippen LogP contribution in [0.3, 0.4) is 0 Å². The van der Waals surface area contributed by atoms with Crippen LogP contribution in [0.4, 0.5) is 13.2 Å². The van der Waals surface area contributed by atoms with Crippen LogP contribution in [0.2, 0.25) is 0 Å². The summed E-state index contributed by atoms with van der Waals surface area (Å²) in [5.41, 5.74) is 13.4. The number of nitrogens with zero attached hydrogens (tertiary/aromatic N) is 4. The van der Waals surface area contributed by atoms with E-state index in [-0.39, 0.29) is 0 Å². The summed E-state index contributed by atoms with van der Waals surface area (Å²) in [6.07, 6.45) is -4.46. The van der Waals surface area contributed by atoms with Crippen molar-refractivity contribution in [2.24, 2.45) is 0 Å². The minimum atomic E-state index is -4.46. The maximum absolute atomic E-state index is 13.8. The SMILES string of the molecule is Cc1ccc(-c2ccc3c4ccccc4n(-c4cc(-c5cccc(C#N)c5)c(C#N)cc4-n4c5ccccc5c5ccc(-c6ccc(C(F)(F)F)cc6C)cc54)c3c2)c(C)c1. The molecule has 0 amide bonds. The highest BCUT2D eigenvalue weighted by molar-refractivity contribution is 6.13. The zero-order chi connectivity index (χ0) is 42.2. The molecule has 61 heavy (non-hydrogen) atoms. The van der Waals surface area contributed by atoms with Crippen molar-refractivity contribution < 1.29 is 13.2 Å². The highest BCUT2D eigenvalue weighted by Gasteiger charge is 2.31. The van der Waals surface area contributed by atoms with Crippen molar-refractivity contribution in [3.8, 4) is 56.9 Å². The first-order valence-electron chi connectivity index (χ1n) is 19.9. The molecule has 0 bridgehead atoms. The smallest absolute Gasteiger partial charge is 0.307 e. The van der Waals surface area contributed by atoms with Crippen molar-refractivity contribution in [3.05, 3.63) is 191 Å². The summed E-state index contributed by atoms with van der Waals surface area (Å²) in [7, 11) is 0. The van der Waals surface area contributed by atoms with Gasteiger partial charge in [-0.15, -0.1) is 0 Å². The lowest BCUT2D eigenvalue weighted by Crippen LogP contribution is -2.06. The van der Waals surface area contributed by atoms with Crippen LogP contribution in [-0.4, -0.2) is 9.13 Å². The van der Waals surface area contributed by atoms with Gasteiger partial charge < -0.3 is 9.13 Å². The number of para-hydroxylation sites is 2. The van der Waals surface area contributed by atoms with E-state index in [1.54, 1.807) is 19.1 Å². The minimum Gasteiger partial charge on any atom is -0.307 e. The van der Waals surface area contributed by atoms with Gasteiger partial charge in [-0.1, -0.05) is 103 Å². The van der Waals surface area contributed by atoms with Crippen LogP contribution in [0.15, 0.2) is 158 Å². The van der Waals surface area contributed by atoms with Gasteiger partial charge in [-0.25, -0.2) is 0 Å². The summed E-state index contributed by atoms with van der Waals surface area (Å²) >= 11 is 0. The van der Waals surface area contributed by atoms with Gasteiger partial charge in [0, 0.05) is 27.1 Å². The summed E-state index contributed by atoms with van der Waals surface area (Å²) in [5.74, 6) is 0. The Hall–Kier alpha value is -7.87. The molecule has 0 radical (unpaired) electrons. The van der Waals surface area contributed by atoms with Crippen LogP contribution in [-0.2, 0) is 6.18 Å². The molecule has 0 N–H and O–H groups in total. The van der Waals surface area contributed by atoms with E-state index < -0.39 is 11.7 Å². The predicted molar refractivity (Wildman–Crippen MR) is 240 cm³/mol. The lowest BCUT2D eigenvalue weighted by Gasteiger charge is -2.20. The molecule has 292 valence electrons. The van der Waals surface area contributed by atoms with E-state index in [0.29, 0.717) is 27.8 Å². The number of nitriles is 2. The lowest BCUT2D eigenvalue weighted by molar-refractivity contribution is -0.137. The second-order valence-corrected chi connectivity index (χ2v) is 15.7. The molecule has 2 aromatic heterocycles. The van der Waals surface area contributed by atoms with E-state index in [2.05, 4.69) is 102 Å². The Morgan fingerprint density at radius 3 is 1.54 bits per heavy atom. The Bertz CT molecular complexity index is 3530. The molecule has 0 fully saturated rings. The number of halogens is 3. The van der Waals surface area contributed by atoms with Gasteiger partial charge in [0.05, 0.1) is 62.3 Å². The largest absolute Gasteiger partial charge is 0.416 e. The number of hydrogen-bond donors (Lipinski definition) is 0. The third-order valence-corrected chi connectivity index (χ3v) is 11.9. The highest BCUT2D eigenvalue weighted by Crippen LogP contribution is 2.43. The molecular weight excluding hydrogens is 762 g/mol. The second-order valence-electron chi connectivity index (χ2n) is 15.7. The van der Waals surface area contributed by atoms with Gasteiger partial charge in [-0.05, 0) is 120 Å². The fourth-order valence-electron chi connectivity index (χ4n) is 9.12. The average molecular weight is 797 g/mol. The molecule has 8 aromatic carbocycles. The fraction of sp³-hybridized carbons (Fsp3) is 0.0741. The van der Waals surface area contributed by atoms with Crippen molar-refractivity contribution in [1.29, 1.82) is 10.5 Å². The standard InChI is InChI=1S/C54H35F3N4/c1-32-15-19-41(33(2)23-32)37-16-20-46-44-12-5-7-14-49(44)61(51(46)26-37)53-29-47(36-10-8-9-35(25-36)30-58)39(31-59)28-52(53)60-48-13-6-4-11-43(48)45-21-17-38(27-50(45)60)42-22-18-40(24-34(42)3)54(55,56)57/h4-29H,1-3H3. The number of benzene rings is 8. The van der Waals surface area contributed by atoms with Gasteiger partial charge in [0.25, 0.3) is 0 Å². The first kappa shape index (κ1) is 37.4. The molecule has 10 rings (SSSR count). The number of aryl methyl sites for hydroxylation is 3. The Morgan fingerprint density at radius 2 is 0.984 bits per heavy atom. The third-order valence-electron chi connectivity index (χ3n) is 11.9. The molecule has 4 nitrogen and oxygen atoms in total. The number of alkyl halides is 3. The predicted octanol–water partition coefficient (Wildman–Crippen LogP) is 14.6. The maximum atomic E-state index is 13.8. The number of rotatable bonds is 5. The van der Waals surface area contributed by atoms with E-state index >= 15 is 0 Å². The van der Waals surface area contributed by atoms with Crippen LogP contribution in [0.25, 0.3) is 88.4 Å². The number of hydrogen-bond acceptors (Lipinski definition) is 2. The zero-order valence-electron chi connectivity index (χ0n) is 33.4. The lowest BCUT2D eigenvalue weighted by atomic mass is 9.96. The van der Waals surface area contributed by atoms with E-state index in [1.165, 1.54) is 17.2 Å². The van der Waals surface area contributed by atoms with Crippen LogP contribution >= 0.6 is 0 Å². The summed E-state index contributed by atoms with van der Waals surface area (Å²) in [5, 5.41) is 24.9. The summed E-state index contributed by atoms with van der Waals surface area (Å²) in [4.78, 5) is 0. The molecule has 0 spiro atoms. The topological polar surface area (TPSA) is 57.4 Å². The number of fused-ring (bicyclic) bond motifs is 6. The Morgan fingerprint density at radius 1 is 0.443 bits per heavy atom. The Kier molecular flexibility index (Phi) is 8.68. The third kappa shape index (κ3) is 6.13. The molecule has 2 heterocycles. The first-order valence-corrected chi connectivity index (χ1v) is 19.9. The van der Waals surface area contributed by atoms with Crippen molar-refractivity contribution in [2.75, 3.05) is 0 Å². The van der Waals surface area contributed by atoms with Crippen molar-refractivity contribution in [3.63, 3.8) is 0 Å². The molecule has 0 saturated carbocycles. The number of aromatic nitrogens is 2. The minimum absolute atomic E-state index is 0.422. The van der Waals surface area contributed by atoms with Gasteiger partial charge in [0.2, 0.25) is 0 Å². The molecule has 0 aliphatic rings. The van der Waals surface area contributed by atoms with E-state index in [0.717, 1.165) is 83.3 Å². The quantitative estimate of drug-likeness (QED) is 0.174. The van der Waals surface area contributed by atoms with Gasteiger partial charge in [-0.2, -0.15) is 23.7 Å². The fourth-order valence-corrected chi connectivity index (χ4v) is 9.12. The molecule has 0 unspecified atom stereocenters.